The summed E-state index contributed by atoms with van der Waals surface area (Å²) in [7, 11) is 0. The van der Waals surface area contributed by atoms with Gasteiger partial charge >= 0.3 is 0 Å². The zero-order chi connectivity index (χ0) is 25.3. The van der Waals surface area contributed by atoms with Crippen molar-refractivity contribution < 1.29 is 9.59 Å². The zero-order valence-corrected chi connectivity index (χ0v) is 22.9. The molecule has 0 aliphatic heterocycles. The van der Waals surface area contributed by atoms with E-state index < -0.39 is 10.5 Å². The molecule has 0 unspecified atom stereocenters. The molecule has 0 fully saturated rings. The Hall–Kier alpha value is -1.64. The van der Waals surface area contributed by atoms with Gasteiger partial charge in [-0.1, -0.05) is 103 Å². The molecule has 0 amide bonds. The first kappa shape index (κ1) is 27.9. The SMILES string of the molecule is CCCCCCCCC1(CCCCCCCC)c2cc(C(=O)Cl)ccc2-c2ccc(C(=O)Cl)cc21. The molecule has 3 rings (SSSR count). The highest BCUT2D eigenvalue weighted by Gasteiger charge is 2.42. The van der Waals surface area contributed by atoms with Crippen LogP contribution in [-0.2, 0) is 5.41 Å². The highest BCUT2D eigenvalue weighted by molar-refractivity contribution is 6.68. The molecule has 2 nitrogen and oxygen atoms in total. The third-order valence-corrected chi connectivity index (χ3v) is 8.17. The molecule has 0 bridgehead atoms. The number of carbonyl (C=O) groups excluding carboxylic acids is 2. The van der Waals surface area contributed by atoms with E-state index in [1.54, 1.807) is 0 Å². The Morgan fingerprint density at radius 3 is 1.34 bits per heavy atom. The summed E-state index contributed by atoms with van der Waals surface area (Å²) < 4.78 is 0. The van der Waals surface area contributed by atoms with Crippen LogP contribution in [0.25, 0.3) is 11.1 Å². The lowest BCUT2D eigenvalue weighted by Gasteiger charge is -2.33. The second-order valence-electron chi connectivity index (χ2n) is 10.2. The van der Waals surface area contributed by atoms with Gasteiger partial charge in [-0.05, 0) is 82.6 Å². The molecule has 0 radical (unpaired) electrons. The standard InChI is InChI=1S/C31H40Cl2O2/c1-3-5-7-9-11-13-19-31(20-14-12-10-8-6-4-2)27-21-23(29(32)34)15-17-25(27)26-18-16-24(30(33)35)22-28(26)31/h15-18,21-22H,3-14,19-20H2,1-2H3. The van der Waals surface area contributed by atoms with Gasteiger partial charge in [0, 0.05) is 16.5 Å². The monoisotopic (exact) mass is 514 g/mol. The van der Waals surface area contributed by atoms with Gasteiger partial charge in [-0.25, -0.2) is 0 Å². The van der Waals surface area contributed by atoms with Gasteiger partial charge in [-0.15, -0.1) is 0 Å². The van der Waals surface area contributed by atoms with Gasteiger partial charge < -0.3 is 0 Å². The minimum atomic E-state index is -0.423. The van der Waals surface area contributed by atoms with E-state index >= 15 is 0 Å². The summed E-state index contributed by atoms with van der Waals surface area (Å²) in [5, 5.41) is -0.846. The molecular weight excluding hydrogens is 475 g/mol. The Kier molecular flexibility index (Phi) is 10.9. The van der Waals surface area contributed by atoms with E-state index in [2.05, 4.69) is 13.8 Å². The summed E-state index contributed by atoms with van der Waals surface area (Å²) in [4.78, 5) is 24.2. The van der Waals surface area contributed by atoms with Crippen molar-refractivity contribution in [3.05, 3.63) is 58.7 Å². The van der Waals surface area contributed by atoms with Crippen molar-refractivity contribution in [2.45, 2.75) is 109 Å². The van der Waals surface area contributed by atoms with Crippen LogP contribution < -0.4 is 0 Å². The molecular formula is C31H40Cl2O2. The van der Waals surface area contributed by atoms with Crippen LogP contribution in [0.3, 0.4) is 0 Å². The van der Waals surface area contributed by atoms with E-state index in [1.165, 1.54) is 75.3 Å². The van der Waals surface area contributed by atoms with E-state index in [1.807, 2.05) is 36.4 Å². The number of halogens is 2. The lowest BCUT2D eigenvalue weighted by atomic mass is 9.70. The number of hydrogen-bond donors (Lipinski definition) is 0. The zero-order valence-electron chi connectivity index (χ0n) is 21.4. The largest absolute Gasteiger partial charge is 0.276 e. The normalized spacial score (nSPS) is 13.5. The van der Waals surface area contributed by atoms with E-state index in [9.17, 15) is 9.59 Å². The van der Waals surface area contributed by atoms with Gasteiger partial charge in [0.15, 0.2) is 0 Å². The maximum absolute atomic E-state index is 12.1. The minimum absolute atomic E-state index is 0.217. The van der Waals surface area contributed by atoms with E-state index in [0.717, 1.165) is 36.8 Å². The molecule has 2 aromatic rings. The first-order valence-electron chi connectivity index (χ1n) is 13.6. The van der Waals surface area contributed by atoms with Crippen LogP contribution in [0.4, 0.5) is 0 Å². The van der Waals surface area contributed by atoms with Crippen molar-refractivity contribution in [1.82, 2.24) is 0 Å². The Bertz CT molecular complexity index is 930. The Morgan fingerprint density at radius 1 is 0.600 bits per heavy atom. The summed E-state index contributed by atoms with van der Waals surface area (Å²) in [5.41, 5.74) is 5.58. The number of unbranched alkanes of at least 4 members (excludes halogenated alkanes) is 10. The second-order valence-corrected chi connectivity index (χ2v) is 10.9. The summed E-state index contributed by atoms with van der Waals surface area (Å²) >= 11 is 11.9. The molecule has 0 N–H and O–H groups in total. The van der Waals surface area contributed by atoms with Crippen molar-refractivity contribution in [1.29, 1.82) is 0 Å². The number of rotatable bonds is 16. The van der Waals surface area contributed by atoms with E-state index in [4.69, 9.17) is 23.2 Å². The fourth-order valence-corrected chi connectivity index (χ4v) is 6.05. The minimum Gasteiger partial charge on any atom is -0.276 e. The molecule has 1 aliphatic carbocycles. The Balaban J connectivity index is 1.99. The highest BCUT2D eigenvalue weighted by atomic mass is 35.5. The molecule has 4 heteroatoms. The van der Waals surface area contributed by atoms with Crippen LogP contribution in [0, 0.1) is 0 Å². The molecule has 0 saturated carbocycles. The average Bonchev–Trinajstić information content (AvgIpc) is 3.12. The van der Waals surface area contributed by atoms with Crippen molar-refractivity contribution in [3.8, 4) is 11.1 Å². The topological polar surface area (TPSA) is 34.1 Å². The van der Waals surface area contributed by atoms with Gasteiger partial charge in [0.2, 0.25) is 0 Å². The number of fused-ring (bicyclic) bond motifs is 3. The first-order chi connectivity index (χ1) is 16.9. The predicted octanol–water partition coefficient (Wildman–Crippen LogP) is 10.2. The van der Waals surface area contributed by atoms with Crippen molar-refractivity contribution in [2.75, 3.05) is 0 Å². The molecule has 0 heterocycles. The number of benzene rings is 2. The van der Waals surface area contributed by atoms with Crippen LogP contribution in [0.2, 0.25) is 0 Å². The second kappa shape index (κ2) is 13.6. The molecule has 1 aliphatic rings. The summed E-state index contributed by atoms with van der Waals surface area (Å²) in [6.45, 7) is 4.49. The quantitative estimate of drug-likeness (QED) is 0.165. The summed E-state index contributed by atoms with van der Waals surface area (Å²) in [6, 6.07) is 11.8. The molecule has 190 valence electrons. The summed E-state index contributed by atoms with van der Waals surface area (Å²) in [5.74, 6) is 0. The van der Waals surface area contributed by atoms with Gasteiger partial charge in [0.25, 0.3) is 10.5 Å². The van der Waals surface area contributed by atoms with Crippen LogP contribution in [0.1, 0.15) is 136 Å². The molecule has 35 heavy (non-hydrogen) atoms. The smallest absolute Gasteiger partial charge is 0.252 e. The fraction of sp³-hybridized carbons (Fsp3) is 0.548. The van der Waals surface area contributed by atoms with Gasteiger partial charge in [-0.2, -0.15) is 0 Å². The van der Waals surface area contributed by atoms with Crippen LogP contribution in [0.5, 0.6) is 0 Å². The van der Waals surface area contributed by atoms with Crippen molar-refractivity contribution in [3.63, 3.8) is 0 Å². The lowest BCUT2D eigenvalue weighted by molar-refractivity contribution is 0.107. The third kappa shape index (κ3) is 6.77. The van der Waals surface area contributed by atoms with E-state index in [0.29, 0.717) is 11.1 Å². The predicted molar refractivity (Wildman–Crippen MR) is 149 cm³/mol. The van der Waals surface area contributed by atoms with Crippen molar-refractivity contribution >= 4 is 33.7 Å². The van der Waals surface area contributed by atoms with Crippen molar-refractivity contribution in [2.24, 2.45) is 0 Å². The van der Waals surface area contributed by atoms with Crippen LogP contribution >= 0.6 is 23.2 Å². The molecule has 0 saturated heterocycles. The van der Waals surface area contributed by atoms with Gasteiger partial charge in [0.1, 0.15) is 0 Å². The number of hydrogen-bond acceptors (Lipinski definition) is 2. The van der Waals surface area contributed by atoms with Crippen LogP contribution in [-0.4, -0.2) is 10.5 Å². The lowest BCUT2D eigenvalue weighted by Crippen LogP contribution is -2.26. The fourth-order valence-electron chi connectivity index (χ4n) is 5.82. The maximum Gasteiger partial charge on any atom is 0.252 e. The number of carbonyl (C=O) groups is 2. The highest BCUT2D eigenvalue weighted by Crippen LogP contribution is 2.54. The van der Waals surface area contributed by atoms with E-state index in [-0.39, 0.29) is 5.41 Å². The van der Waals surface area contributed by atoms with Gasteiger partial charge in [0.05, 0.1) is 0 Å². The van der Waals surface area contributed by atoms with Crippen LogP contribution in [0.15, 0.2) is 36.4 Å². The Morgan fingerprint density at radius 2 is 0.971 bits per heavy atom. The first-order valence-corrected chi connectivity index (χ1v) is 14.4. The van der Waals surface area contributed by atoms with Gasteiger partial charge in [-0.3, -0.25) is 9.59 Å². The molecule has 2 aromatic carbocycles. The Labute approximate surface area is 221 Å². The molecule has 0 atom stereocenters. The third-order valence-electron chi connectivity index (χ3n) is 7.73. The summed E-state index contributed by atoms with van der Waals surface area (Å²) in [6.07, 6.45) is 16.8. The molecule has 0 spiro atoms. The maximum atomic E-state index is 12.1. The average molecular weight is 516 g/mol. The molecule has 0 aromatic heterocycles.